The van der Waals surface area contributed by atoms with E-state index >= 15 is 0 Å². The van der Waals surface area contributed by atoms with E-state index < -0.39 is 0 Å². The topological polar surface area (TPSA) is 69.1 Å². The Bertz CT molecular complexity index is 1050. The largest absolute Gasteiger partial charge is 0.372 e. The summed E-state index contributed by atoms with van der Waals surface area (Å²) in [5.41, 5.74) is 7.96. The van der Waals surface area contributed by atoms with Gasteiger partial charge in [0.15, 0.2) is 0 Å². The third-order valence-electron chi connectivity index (χ3n) is 5.18. The van der Waals surface area contributed by atoms with E-state index in [9.17, 15) is 9.18 Å². The molecule has 0 saturated carbocycles. The average molecular weight is 450 g/mol. The minimum absolute atomic E-state index is 0. The molecule has 0 bridgehead atoms. The van der Waals surface area contributed by atoms with Gasteiger partial charge in [0.25, 0.3) is 0 Å². The summed E-state index contributed by atoms with van der Waals surface area (Å²) in [7, 11) is 0. The predicted molar refractivity (Wildman–Crippen MR) is 122 cm³/mol. The molecule has 4 rings (SSSR count). The maximum Gasteiger partial charge on any atom is 0.346 e. The zero-order valence-corrected chi connectivity index (χ0v) is 18.2. The summed E-state index contributed by atoms with van der Waals surface area (Å²) in [5.74, 6) is 0. The molecule has 0 spiro atoms. The van der Waals surface area contributed by atoms with Crippen LogP contribution in [0.3, 0.4) is 0 Å². The van der Waals surface area contributed by atoms with Gasteiger partial charge in [-0.15, -0.1) is 23.7 Å². The Morgan fingerprint density at radius 2 is 1.90 bits per heavy atom. The molecule has 6 nitrogen and oxygen atoms in total. The summed E-state index contributed by atoms with van der Waals surface area (Å²) in [6, 6.07) is 12.8. The van der Waals surface area contributed by atoms with Crippen molar-refractivity contribution >= 4 is 29.4 Å². The van der Waals surface area contributed by atoms with Crippen LogP contribution in [0.5, 0.6) is 0 Å². The number of hydrogen-bond donors (Lipinski definition) is 1. The van der Waals surface area contributed by atoms with Crippen molar-refractivity contribution in [2.24, 2.45) is 5.73 Å². The van der Waals surface area contributed by atoms with Gasteiger partial charge in [0.05, 0.1) is 19.4 Å². The van der Waals surface area contributed by atoms with Gasteiger partial charge in [-0.1, -0.05) is 12.1 Å². The predicted octanol–water partition coefficient (Wildman–Crippen LogP) is 3.66. The number of benzene rings is 1. The van der Waals surface area contributed by atoms with Gasteiger partial charge in [0, 0.05) is 35.1 Å². The minimum atomic E-state index is -0.275. The van der Waals surface area contributed by atoms with E-state index in [1.165, 1.54) is 44.5 Å². The fourth-order valence-corrected chi connectivity index (χ4v) is 4.53. The maximum absolute atomic E-state index is 12.7. The van der Waals surface area contributed by atoms with Gasteiger partial charge in [-0.25, -0.2) is 13.9 Å². The lowest BCUT2D eigenvalue weighted by molar-refractivity contribution is 0.604. The lowest BCUT2D eigenvalue weighted by Crippen LogP contribution is -2.26. The lowest BCUT2D eigenvalue weighted by atomic mass is 10.1. The molecule has 0 aliphatic carbocycles. The molecule has 0 unspecified atom stereocenters. The van der Waals surface area contributed by atoms with Crippen LogP contribution in [0.4, 0.5) is 10.1 Å². The van der Waals surface area contributed by atoms with E-state index in [-0.39, 0.29) is 31.2 Å². The second-order valence-corrected chi connectivity index (χ2v) is 8.35. The minimum Gasteiger partial charge on any atom is -0.372 e. The van der Waals surface area contributed by atoms with E-state index in [1.807, 2.05) is 6.07 Å². The van der Waals surface area contributed by atoms with Crippen LogP contribution in [0.1, 0.15) is 17.7 Å². The molecule has 1 saturated heterocycles. The monoisotopic (exact) mass is 449 g/mol. The first kappa shape index (κ1) is 22.3. The summed E-state index contributed by atoms with van der Waals surface area (Å²) in [6.45, 7) is 2.84. The first-order chi connectivity index (χ1) is 14.2. The summed E-state index contributed by atoms with van der Waals surface area (Å²) >= 11 is 1.66. The number of hydrogen-bond acceptors (Lipinski definition) is 5. The quantitative estimate of drug-likeness (QED) is 0.597. The van der Waals surface area contributed by atoms with Crippen LogP contribution >= 0.6 is 23.7 Å². The van der Waals surface area contributed by atoms with Crippen molar-refractivity contribution in [2.45, 2.75) is 25.9 Å². The molecule has 3 heterocycles. The van der Waals surface area contributed by atoms with Gasteiger partial charge < -0.3 is 10.6 Å². The van der Waals surface area contributed by atoms with Crippen molar-refractivity contribution in [3.8, 4) is 10.4 Å². The smallest absolute Gasteiger partial charge is 0.346 e. The van der Waals surface area contributed by atoms with Crippen molar-refractivity contribution in [3.63, 3.8) is 0 Å². The number of anilines is 1. The summed E-state index contributed by atoms with van der Waals surface area (Å²) in [6.07, 6.45) is 4.46. The highest BCUT2D eigenvalue weighted by molar-refractivity contribution is 7.15. The lowest BCUT2D eigenvalue weighted by Gasteiger charge is -2.17. The van der Waals surface area contributed by atoms with Crippen LogP contribution in [-0.2, 0) is 13.1 Å². The first-order valence-corrected chi connectivity index (χ1v) is 10.5. The molecule has 2 N–H and O–H groups in total. The Labute approximate surface area is 184 Å². The van der Waals surface area contributed by atoms with Crippen molar-refractivity contribution < 1.29 is 4.39 Å². The number of aromatic nitrogens is 3. The Balaban J connectivity index is 0.00000256. The Kier molecular flexibility index (Phi) is 7.47. The summed E-state index contributed by atoms with van der Waals surface area (Å²) < 4.78 is 15.5. The van der Waals surface area contributed by atoms with Crippen LogP contribution in [-0.4, -0.2) is 34.0 Å². The van der Waals surface area contributed by atoms with E-state index in [1.54, 1.807) is 11.3 Å². The number of nitrogens with zero attached hydrogens (tertiary/aromatic N) is 4. The van der Waals surface area contributed by atoms with Gasteiger partial charge in [0.1, 0.15) is 6.33 Å². The number of halogens is 2. The van der Waals surface area contributed by atoms with E-state index in [0.717, 1.165) is 18.0 Å². The second kappa shape index (κ2) is 10.1. The molecule has 0 radical (unpaired) electrons. The zero-order valence-electron chi connectivity index (χ0n) is 16.5. The van der Waals surface area contributed by atoms with Gasteiger partial charge in [-0.05, 0) is 48.2 Å². The SMILES string of the molecule is Cl.NC/C(=C\F)Cn1ncn(Cc2ccc(-c3ccc(N4CCCC4)cc3)s2)c1=O. The molecule has 1 fully saturated rings. The summed E-state index contributed by atoms with van der Waals surface area (Å²) in [5, 5.41) is 4.06. The van der Waals surface area contributed by atoms with Gasteiger partial charge in [0.2, 0.25) is 0 Å². The number of thiophene rings is 1. The fourth-order valence-electron chi connectivity index (χ4n) is 3.52. The first-order valence-electron chi connectivity index (χ1n) is 9.72. The molecule has 1 aromatic carbocycles. The van der Waals surface area contributed by atoms with Crippen molar-refractivity contribution in [1.29, 1.82) is 0 Å². The van der Waals surface area contributed by atoms with Crippen LogP contribution in [0.15, 0.2) is 59.4 Å². The van der Waals surface area contributed by atoms with Gasteiger partial charge in [-0.2, -0.15) is 5.10 Å². The third kappa shape index (κ3) is 4.83. The fraction of sp³-hybridized carbons (Fsp3) is 0.333. The highest BCUT2D eigenvalue weighted by Gasteiger charge is 2.13. The molecule has 1 aliphatic rings. The molecule has 9 heteroatoms. The third-order valence-corrected chi connectivity index (χ3v) is 6.30. The maximum atomic E-state index is 12.7. The molecule has 3 aromatic rings. The van der Waals surface area contributed by atoms with E-state index in [0.29, 0.717) is 18.4 Å². The summed E-state index contributed by atoms with van der Waals surface area (Å²) in [4.78, 5) is 17.1. The Morgan fingerprint density at radius 1 is 1.17 bits per heavy atom. The second-order valence-electron chi connectivity index (χ2n) is 7.18. The van der Waals surface area contributed by atoms with Crippen molar-refractivity contribution in [1.82, 2.24) is 14.3 Å². The van der Waals surface area contributed by atoms with Crippen LogP contribution in [0.25, 0.3) is 10.4 Å². The van der Waals surface area contributed by atoms with Crippen LogP contribution in [0, 0.1) is 0 Å². The van der Waals surface area contributed by atoms with E-state index in [4.69, 9.17) is 5.73 Å². The molecule has 30 heavy (non-hydrogen) atoms. The van der Waals surface area contributed by atoms with Crippen LogP contribution in [0.2, 0.25) is 0 Å². The van der Waals surface area contributed by atoms with E-state index in [2.05, 4.69) is 40.3 Å². The molecular formula is C21H25ClFN5OS. The van der Waals surface area contributed by atoms with Crippen molar-refractivity contribution in [3.05, 3.63) is 70.0 Å². The number of rotatable bonds is 7. The molecule has 0 atom stereocenters. The van der Waals surface area contributed by atoms with Gasteiger partial charge in [-0.3, -0.25) is 4.57 Å². The Morgan fingerprint density at radius 3 is 2.57 bits per heavy atom. The highest BCUT2D eigenvalue weighted by Crippen LogP contribution is 2.30. The highest BCUT2D eigenvalue weighted by atomic mass is 35.5. The normalized spacial score (nSPS) is 14.2. The standard InChI is InChI=1S/C21H24FN5OS.ClH/c22-11-16(12-23)13-27-21(28)26(15-24-27)14-19-7-8-20(29-19)17-3-5-18(6-4-17)25-9-1-2-10-25;/h3-8,11,15H,1-2,9-10,12-14,23H2;1H/b16-11+;. The zero-order chi connectivity index (χ0) is 20.2. The Hall–Kier alpha value is -2.42. The van der Waals surface area contributed by atoms with Crippen molar-refractivity contribution in [2.75, 3.05) is 24.5 Å². The molecule has 2 aromatic heterocycles. The molecule has 1 aliphatic heterocycles. The molecular weight excluding hydrogens is 425 g/mol. The molecule has 0 amide bonds. The van der Waals surface area contributed by atoms with Gasteiger partial charge >= 0.3 is 5.69 Å². The number of nitrogens with two attached hydrogens (primary N) is 1. The average Bonchev–Trinajstić information content (AvgIpc) is 3.50. The molecule has 160 valence electrons. The van der Waals surface area contributed by atoms with Crippen LogP contribution < -0.4 is 16.3 Å².